The average molecular weight is 298 g/mol. The number of hydrogen-bond donors (Lipinski definition) is 1. The van der Waals surface area contributed by atoms with Gasteiger partial charge in [0, 0.05) is 19.1 Å². The SMILES string of the molecule is CCCCCC(C)Nc1nc(Cl)nc(N2CCCC2)n1. The summed E-state index contributed by atoms with van der Waals surface area (Å²) in [6, 6.07) is 0.353. The van der Waals surface area contributed by atoms with Crippen LogP contribution in [-0.4, -0.2) is 34.1 Å². The maximum atomic E-state index is 6.01. The minimum absolute atomic E-state index is 0.269. The first-order valence-corrected chi connectivity index (χ1v) is 8.00. The predicted octanol–water partition coefficient (Wildman–Crippen LogP) is 3.51. The van der Waals surface area contributed by atoms with Gasteiger partial charge in [0.15, 0.2) is 0 Å². The van der Waals surface area contributed by atoms with Crippen molar-refractivity contribution in [3.63, 3.8) is 0 Å². The van der Waals surface area contributed by atoms with Crippen molar-refractivity contribution in [2.24, 2.45) is 0 Å². The van der Waals surface area contributed by atoms with Gasteiger partial charge in [-0.2, -0.15) is 15.0 Å². The fraction of sp³-hybridized carbons (Fsp3) is 0.786. The number of anilines is 2. The first-order valence-electron chi connectivity index (χ1n) is 7.62. The lowest BCUT2D eigenvalue weighted by Gasteiger charge is -2.17. The van der Waals surface area contributed by atoms with Crippen LogP contribution in [0.4, 0.5) is 11.9 Å². The number of rotatable bonds is 7. The van der Waals surface area contributed by atoms with Gasteiger partial charge in [0.2, 0.25) is 17.2 Å². The van der Waals surface area contributed by atoms with E-state index < -0.39 is 0 Å². The van der Waals surface area contributed by atoms with Gasteiger partial charge in [0.1, 0.15) is 0 Å². The Bertz CT molecular complexity index is 420. The second kappa shape index (κ2) is 7.62. The highest BCUT2D eigenvalue weighted by Crippen LogP contribution is 2.19. The molecule has 1 aromatic heterocycles. The summed E-state index contributed by atoms with van der Waals surface area (Å²) in [6.07, 6.45) is 7.24. The van der Waals surface area contributed by atoms with E-state index in [-0.39, 0.29) is 5.28 Å². The van der Waals surface area contributed by atoms with E-state index in [4.69, 9.17) is 11.6 Å². The summed E-state index contributed by atoms with van der Waals surface area (Å²) >= 11 is 6.01. The van der Waals surface area contributed by atoms with Gasteiger partial charge in [-0.05, 0) is 37.8 Å². The van der Waals surface area contributed by atoms with Crippen LogP contribution in [0.3, 0.4) is 0 Å². The number of unbranched alkanes of at least 4 members (excludes halogenated alkanes) is 2. The summed E-state index contributed by atoms with van der Waals surface area (Å²) in [7, 11) is 0. The second-order valence-corrected chi connectivity index (χ2v) is 5.80. The standard InChI is InChI=1S/C14H24ClN5/c1-3-4-5-8-11(2)16-13-17-12(15)18-14(19-13)20-9-6-7-10-20/h11H,3-10H2,1-2H3,(H,16,17,18,19). The molecule has 1 fully saturated rings. The van der Waals surface area contributed by atoms with Crippen LogP contribution in [0, 0.1) is 0 Å². The summed E-state index contributed by atoms with van der Waals surface area (Å²) in [5, 5.41) is 3.60. The molecule has 0 radical (unpaired) electrons. The second-order valence-electron chi connectivity index (χ2n) is 5.46. The normalized spacial score (nSPS) is 16.4. The fourth-order valence-electron chi connectivity index (χ4n) is 2.46. The molecule has 112 valence electrons. The molecule has 1 aliphatic rings. The number of halogens is 1. The summed E-state index contributed by atoms with van der Waals surface area (Å²) in [4.78, 5) is 15.1. The molecule has 5 nitrogen and oxygen atoms in total. The highest BCUT2D eigenvalue weighted by Gasteiger charge is 2.17. The van der Waals surface area contributed by atoms with Crippen molar-refractivity contribution in [1.29, 1.82) is 0 Å². The van der Waals surface area contributed by atoms with Gasteiger partial charge in [-0.3, -0.25) is 0 Å². The van der Waals surface area contributed by atoms with E-state index in [0.717, 1.165) is 19.5 Å². The topological polar surface area (TPSA) is 53.9 Å². The summed E-state index contributed by atoms with van der Waals surface area (Å²) in [5.74, 6) is 1.29. The molecule has 0 aromatic carbocycles. The van der Waals surface area contributed by atoms with E-state index in [1.54, 1.807) is 0 Å². The molecule has 0 saturated carbocycles. The molecule has 1 aliphatic heterocycles. The van der Waals surface area contributed by atoms with E-state index in [1.165, 1.54) is 32.1 Å². The van der Waals surface area contributed by atoms with Gasteiger partial charge >= 0.3 is 0 Å². The lowest BCUT2D eigenvalue weighted by molar-refractivity contribution is 0.611. The molecule has 1 N–H and O–H groups in total. The van der Waals surface area contributed by atoms with Gasteiger partial charge in [-0.15, -0.1) is 0 Å². The van der Waals surface area contributed by atoms with Gasteiger partial charge < -0.3 is 10.2 Å². The zero-order valence-electron chi connectivity index (χ0n) is 12.4. The van der Waals surface area contributed by atoms with Crippen molar-refractivity contribution in [2.45, 2.75) is 58.4 Å². The maximum absolute atomic E-state index is 6.01. The van der Waals surface area contributed by atoms with E-state index in [1.807, 2.05) is 0 Å². The minimum Gasteiger partial charge on any atom is -0.352 e. The van der Waals surface area contributed by atoms with Crippen molar-refractivity contribution in [2.75, 3.05) is 23.3 Å². The highest BCUT2D eigenvalue weighted by atomic mass is 35.5. The molecule has 2 rings (SSSR count). The van der Waals surface area contributed by atoms with Crippen LogP contribution >= 0.6 is 11.6 Å². The molecule has 0 spiro atoms. The van der Waals surface area contributed by atoms with Crippen molar-refractivity contribution >= 4 is 23.5 Å². The highest BCUT2D eigenvalue weighted by molar-refractivity contribution is 6.28. The molecule has 1 saturated heterocycles. The van der Waals surface area contributed by atoms with Crippen molar-refractivity contribution in [3.05, 3.63) is 5.28 Å². The molecular weight excluding hydrogens is 274 g/mol. The van der Waals surface area contributed by atoms with Gasteiger partial charge in [0.05, 0.1) is 0 Å². The van der Waals surface area contributed by atoms with Crippen molar-refractivity contribution in [1.82, 2.24) is 15.0 Å². The zero-order valence-corrected chi connectivity index (χ0v) is 13.2. The Morgan fingerprint density at radius 1 is 1.20 bits per heavy atom. The van der Waals surface area contributed by atoms with E-state index >= 15 is 0 Å². The van der Waals surface area contributed by atoms with Crippen molar-refractivity contribution < 1.29 is 0 Å². The molecule has 2 heterocycles. The molecule has 1 atom stereocenters. The number of hydrogen-bond acceptors (Lipinski definition) is 5. The third-order valence-corrected chi connectivity index (χ3v) is 3.77. The smallest absolute Gasteiger partial charge is 0.231 e. The summed E-state index contributed by atoms with van der Waals surface area (Å²) in [5.41, 5.74) is 0. The molecule has 0 aliphatic carbocycles. The van der Waals surface area contributed by atoms with Crippen LogP contribution < -0.4 is 10.2 Å². The van der Waals surface area contributed by atoms with E-state index in [2.05, 4.69) is 39.0 Å². The van der Waals surface area contributed by atoms with Crippen LogP contribution in [0.25, 0.3) is 0 Å². The molecule has 20 heavy (non-hydrogen) atoms. The van der Waals surface area contributed by atoms with Gasteiger partial charge in [-0.25, -0.2) is 0 Å². The Labute approximate surface area is 126 Å². The van der Waals surface area contributed by atoms with Crippen LogP contribution in [0.1, 0.15) is 52.4 Å². The average Bonchev–Trinajstić information content (AvgIpc) is 2.92. The van der Waals surface area contributed by atoms with E-state index in [0.29, 0.717) is 17.9 Å². The van der Waals surface area contributed by atoms with Gasteiger partial charge in [-0.1, -0.05) is 26.2 Å². The number of nitrogens with one attached hydrogen (secondary N) is 1. The minimum atomic E-state index is 0.269. The lowest BCUT2D eigenvalue weighted by Crippen LogP contribution is -2.23. The Balaban J connectivity index is 1.96. The molecule has 0 amide bonds. The maximum Gasteiger partial charge on any atom is 0.231 e. The van der Waals surface area contributed by atoms with Crippen LogP contribution in [0.2, 0.25) is 5.28 Å². The van der Waals surface area contributed by atoms with Crippen LogP contribution in [-0.2, 0) is 0 Å². The Hall–Kier alpha value is -1.10. The van der Waals surface area contributed by atoms with Crippen LogP contribution in [0.15, 0.2) is 0 Å². The summed E-state index contributed by atoms with van der Waals surface area (Å²) in [6.45, 7) is 6.38. The first kappa shape index (κ1) is 15.3. The van der Waals surface area contributed by atoms with Gasteiger partial charge in [0.25, 0.3) is 0 Å². The molecule has 1 aromatic rings. The quantitative estimate of drug-likeness (QED) is 0.781. The number of nitrogens with zero attached hydrogens (tertiary/aromatic N) is 4. The molecule has 1 unspecified atom stereocenters. The largest absolute Gasteiger partial charge is 0.352 e. The number of aromatic nitrogens is 3. The first-order chi connectivity index (χ1) is 9.69. The Morgan fingerprint density at radius 2 is 1.95 bits per heavy atom. The summed E-state index contributed by atoms with van der Waals surface area (Å²) < 4.78 is 0. The third-order valence-electron chi connectivity index (χ3n) is 3.60. The van der Waals surface area contributed by atoms with Crippen molar-refractivity contribution in [3.8, 4) is 0 Å². The Morgan fingerprint density at radius 3 is 2.65 bits per heavy atom. The molecular formula is C14H24ClN5. The third kappa shape index (κ3) is 4.47. The molecule has 0 bridgehead atoms. The lowest BCUT2D eigenvalue weighted by atomic mass is 10.1. The Kier molecular flexibility index (Phi) is 5.83. The predicted molar refractivity (Wildman–Crippen MR) is 83.5 cm³/mol. The van der Waals surface area contributed by atoms with E-state index in [9.17, 15) is 0 Å². The zero-order chi connectivity index (χ0) is 14.4. The monoisotopic (exact) mass is 297 g/mol. The molecule has 6 heteroatoms. The fourth-order valence-corrected chi connectivity index (χ4v) is 2.61. The van der Waals surface area contributed by atoms with Crippen LogP contribution in [0.5, 0.6) is 0 Å².